The number of rotatable bonds is 5. The summed E-state index contributed by atoms with van der Waals surface area (Å²) in [7, 11) is 0. The summed E-state index contributed by atoms with van der Waals surface area (Å²) in [5.41, 5.74) is 0.902. The Labute approximate surface area is 104 Å². The quantitative estimate of drug-likeness (QED) is 0.604. The predicted molar refractivity (Wildman–Crippen MR) is 62.9 cm³/mol. The molecule has 3 nitrogen and oxygen atoms in total. The molecule has 0 saturated carbocycles. The van der Waals surface area contributed by atoms with Crippen molar-refractivity contribution in [3.63, 3.8) is 0 Å². The Kier molecular flexibility index (Phi) is 6.04. The molecule has 1 unspecified atom stereocenters. The van der Waals surface area contributed by atoms with Crippen molar-refractivity contribution >= 4 is 29.4 Å². The van der Waals surface area contributed by atoms with Crippen molar-refractivity contribution in [3.05, 3.63) is 35.9 Å². The number of halogens is 2. The van der Waals surface area contributed by atoms with Gasteiger partial charge in [-0.2, -0.15) is 0 Å². The van der Waals surface area contributed by atoms with Crippen molar-refractivity contribution in [2.24, 2.45) is 0 Å². The first-order valence-corrected chi connectivity index (χ1v) is 5.73. The van der Waals surface area contributed by atoms with Crippen LogP contribution in [0.4, 0.5) is 4.79 Å². The van der Waals surface area contributed by atoms with Gasteiger partial charge in [-0.15, -0.1) is 23.2 Å². The van der Waals surface area contributed by atoms with Gasteiger partial charge in [-0.3, -0.25) is 0 Å². The van der Waals surface area contributed by atoms with E-state index in [1.807, 2.05) is 30.3 Å². The van der Waals surface area contributed by atoms with Crippen molar-refractivity contribution in [2.45, 2.75) is 12.0 Å². The van der Waals surface area contributed by atoms with Gasteiger partial charge in [0.05, 0.1) is 5.38 Å². The summed E-state index contributed by atoms with van der Waals surface area (Å²) in [6.07, 6.45) is -0.736. The van der Waals surface area contributed by atoms with E-state index in [1.165, 1.54) is 0 Å². The molecular formula is C11H12Cl2O3. The molecule has 0 aliphatic carbocycles. The topological polar surface area (TPSA) is 35.5 Å². The van der Waals surface area contributed by atoms with Gasteiger partial charge in [-0.1, -0.05) is 30.3 Å². The standard InChI is InChI=1S/C11H12Cl2O3/c12-6-10(13)8-16-11(14)15-7-9-4-2-1-3-5-9/h1-5,10H,6-8H2. The number of hydrogen-bond acceptors (Lipinski definition) is 3. The summed E-state index contributed by atoms with van der Waals surface area (Å²) in [6.45, 7) is 0.242. The normalized spacial score (nSPS) is 11.9. The number of ether oxygens (including phenoxy) is 2. The summed E-state index contributed by atoms with van der Waals surface area (Å²) in [5, 5.41) is -0.383. The van der Waals surface area contributed by atoms with E-state index in [9.17, 15) is 4.79 Å². The average molecular weight is 263 g/mol. The Morgan fingerprint density at radius 2 is 1.94 bits per heavy atom. The molecule has 1 atom stereocenters. The van der Waals surface area contributed by atoms with Gasteiger partial charge in [0.1, 0.15) is 13.2 Å². The highest BCUT2D eigenvalue weighted by Crippen LogP contribution is 2.03. The van der Waals surface area contributed by atoms with Crippen LogP contribution < -0.4 is 0 Å². The monoisotopic (exact) mass is 262 g/mol. The third-order valence-electron chi connectivity index (χ3n) is 1.75. The summed E-state index contributed by atoms with van der Waals surface area (Å²) in [5.74, 6) is 0.230. The second kappa shape index (κ2) is 7.36. The maximum atomic E-state index is 11.1. The fourth-order valence-corrected chi connectivity index (χ4v) is 1.11. The van der Waals surface area contributed by atoms with E-state index in [0.717, 1.165) is 5.56 Å². The summed E-state index contributed by atoms with van der Waals surface area (Å²) >= 11 is 11.1. The highest BCUT2D eigenvalue weighted by molar-refractivity contribution is 6.28. The molecule has 0 heterocycles. The van der Waals surface area contributed by atoms with Crippen LogP contribution in [-0.2, 0) is 16.1 Å². The molecule has 0 aromatic heterocycles. The second-order valence-corrected chi connectivity index (χ2v) is 4.01. The van der Waals surface area contributed by atoms with Gasteiger partial charge in [0.2, 0.25) is 0 Å². The number of alkyl halides is 2. The molecule has 0 radical (unpaired) electrons. The lowest BCUT2D eigenvalue weighted by Crippen LogP contribution is -2.16. The van der Waals surface area contributed by atoms with E-state index >= 15 is 0 Å². The van der Waals surface area contributed by atoms with Crippen LogP contribution in [0.3, 0.4) is 0 Å². The first-order chi connectivity index (χ1) is 7.72. The number of hydrogen-bond donors (Lipinski definition) is 0. The molecule has 0 amide bonds. The Hall–Kier alpha value is -0.930. The minimum absolute atomic E-state index is 0.0542. The van der Waals surface area contributed by atoms with Crippen LogP contribution >= 0.6 is 23.2 Å². The molecule has 88 valence electrons. The van der Waals surface area contributed by atoms with Gasteiger partial charge in [0.15, 0.2) is 0 Å². The van der Waals surface area contributed by atoms with Crippen LogP contribution in [0, 0.1) is 0 Å². The molecule has 5 heteroatoms. The molecule has 0 fully saturated rings. The van der Waals surface area contributed by atoms with Gasteiger partial charge < -0.3 is 9.47 Å². The first-order valence-electron chi connectivity index (χ1n) is 4.76. The zero-order valence-electron chi connectivity index (χ0n) is 8.57. The lowest BCUT2D eigenvalue weighted by Gasteiger charge is -2.08. The number of carbonyl (C=O) groups excluding carboxylic acids is 1. The molecular weight excluding hydrogens is 251 g/mol. The maximum absolute atomic E-state index is 11.1. The highest BCUT2D eigenvalue weighted by Gasteiger charge is 2.08. The third kappa shape index (κ3) is 5.24. The van der Waals surface area contributed by atoms with Crippen molar-refractivity contribution in [1.82, 2.24) is 0 Å². The lowest BCUT2D eigenvalue weighted by molar-refractivity contribution is 0.0507. The van der Waals surface area contributed by atoms with Crippen molar-refractivity contribution in [1.29, 1.82) is 0 Å². The molecule has 1 aromatic rings. The molecule has 0 aliphatic heterocycles. The average Bonchev–Trinajstić information content (AvgIpc) is 2.34. The van der Waals surface area contributed by atoms with E-state index < -0.39 is 6.16 Å². The molecule has 0 aliphatic rings. The van der Waals surface area contributed by atoms with E-state index in [0.29, 0.717) is 0 Å². The zero-order valence-corrected chi connectivity index (χ0v) is 10.1. The largest absolute Gasteiger partial charge is 0.508 e. The van der Waals surface area contributed by atoms with Crippen LogP contribution in [0.5, 0.6) is 0 Å². The van der Waals surface area contributed by atoms with Crippen molar-refractivity contribution < 1.29 is 14.3 Å². The summed E-state index contributed by atoms with van der Waals surface area (Å²) < 4.78 is 9.60. The highest BCUT2D eigenvalue weighted by atomic mass is 35.5. The van der Waals surface area contributed by atoms with E-state index in [1.54, 1.807) is 0 Å². The predicted octanol–water partition coefficient (Wildman–Crippen LogP) is 3.19. The van der Waals surface area contributed by atoms with Crippen LogP contribution in [0.25, 0.3) is 0 Å². The lowest BCUT2D eigenvalue weighted by atomic mass is 10.2. The molecule has 0 N–H and O–H groups in total. The zero-order chi connectivity index (χ0) is 11.8. The molecule has 1 aromatic carbocycles. The van der Waals surface area contributed by atoms with Crippen LogP contribution in [0.2, 0.25) is 0 Å². The maximum Gasteiger partial charge on any atom is 0.508 e. The Bertz CT molecular complexity index is 316. The van der Waals surface area contributed by atoms with E-state index in [2.05, 4.69) is 0 Å². The second-order valence-electron chi connectivity index (χ2n) is 3.09. The molecule has 1 rings (SSSR count). The molecule has 0 bridgehead atoms. The van der Waals surface area contributed by atoms with Crippen molar-refractivity contribution in [3.8, 4) is 0 Å². The van der Waals surface area contributed by atoms with Crippen molar-refractivity contribution in [2.75, 3.05) is 12.5 Å². The Morgan fingerprint density at radius 3 is 2.56 bits per heavy atom. The third-order valence-corrected chi connectivity index (χ3v) is 2.56. The van der Waals surface area contributed by atoms with E-state index in [-0.39, 0.29) is 24.5 Å². The van der Waals surface area contributed by atoms with Gasteiger partial charge in [0.25, 0.3) is 0 Å². The number of carbonyl (C=O) groups is 1. The van der Waals surface area contributed by atoms with Gasteiger partial charge in [0, 0.05) is 5.88 Å². The fraction of sp³-hybridized carbons (Fsp3) is 0.364. The van der Waals surface area contributed by atoms with Crippen LogP contribution in [-0.4, -0.2) is 24.0 Å². The molecule has 0 spiro atoms. The van der Waals surface area contributed by atoms with Gasteiger partial charge >= 0.3 is 6.16 Å². The fourth-order valence-electron chi connectivity index (χ4n) is 0.961. The van der Waals surface area contributed by atoms with E-state index in [4.69, 9.17) is 32.7 Å². The summed E-state index contributed by atoms with van der Waals surface area (Å²) in [4.78, 5) is 11.1. The molecule has 16 heavy (non-hydrogen) atoms. The van der Waals surface area contributed by atoms with Crippen LogP contribution in [0.1, 0.15) is 5.56 Å². The Morgan fingerprint density at radius 1 is 1.25 bits per heavy atom. The molecule has 0 saturated heterocycles. The summed E-state index contributed by atoms with van der Waals surface area (Å²) in [6, 6.07) is 9.34. The van der Waals surface area contributed by atoms with Gasteiger partial charge in [-0.05, 0) is 5.56 Å². The minimum Gasteiger partial charge on any atom is -0.433 e. The minimum atomic E-state index is -0.736. The SMILES string of the molecule is O=C(OCc1ccccc1)OCC(Cl)CCl. The van der Waals surface area contributed by atoms with Gasteiger partial charge in [-0.25, -0.2) is 4.79 Å². The first kappa shape index (κ1) is 13.1. The smallest absolute Gasteiger partial charge is 0.433 e. The number of benzene rings is 1. The van der Waals surface area contributed by atoms with Crippen LogP contribution in [0.15, 0.2) is 30.3 Å². The Balaban J connectivity index is 2.20.